The van der Waals surface area contributed by atoms with Crippen LogP contribution in [0.2, 0.25) is 0 Å². The first-order valence-corrected chi connectivity index (χ1v) is 4.96. The number of hydrogen-bond donors (Lipinski definition) is 0. The minimum Gasteiger partial charge on any atom is -0.303 e. The molecule has 1 aliphatic carbocycles. The standard InChI is InChI=1S/C10H19N/c1-3-11-5-4-10(8-11)6-9(2)7-10/h9H,3-8H2,1-2H3. The molecule has 1 nitrogen and oxygen atoms in total. The van der Waals surface area contributed by atoms with Gasteiger partial charge in [0.15, 0.2) is 0 Å². The first kappa shape index (κ1) is 7.60. The normalized spacial score (nSPS) is 44.7. The molecule has 2 rings (SSSR count). The highest BCUT2D eigenvalue weighted by atomic mass is 15.2. The zero-order valence-corrected chi connectivity index (χ0v) is 7.77. The summed E-state index contributed by atoms with van der Waals surface area (Å²) < 4.78 is 0. The Bertz CT molecular complexity index is 147. The van der Waals surface area contributed by atoms with Crippen LogP contribution in [0.4, 0.5) is 0 Å². The van der Waals surface area contributed by atoms with Crippen molar-refractivity contribution in [2.24, 2.45) is 11.3 Å². The fraction of sp³-hybridized carbons (Fsp3) is 1.00. The van der Waals surface area contributed by atoms with Gasteiger partial charge in [0, 0.05) is 6.54 Å². The van der Waals surface area contributed by atoms with Gasteiger partial charge in [0.05, 0.1) is 0 Å². The summed E-state index contributed by atoms with van der Waals surface area (Å²) in [4.78, 5) is 2.60. The van der Waals surface area contributed by atoms with Crippen LogP contribution in [0, 0.1) is 11.3 Å². The second-order valence-electron chi connectivity index (χ2n) is 4.63. The van der Waals surface area contributed by atoms with Crippen LogP contribution in [0.25, 0.3) is 0 Å². The fourth-order valence-corrected chi connectivity index (χ4v) is 3.05. The third-order valence-electron chi connectivity index (χ3n) is 3.53. The van der Waals surface area contributed by atoms with E-state index in [1.165, 1.54) is 38.9 Å². The van der Waals surface area contributed by atoms with E-state index in [0.717, 1.165) is 11.3 Å². The molecular formula is C10H19N. The summed E-state index contributed by atoms with van der Waals surface area (Å²) in [5, 5.41) is 0. The number of rotatable bonds is 1. The van der Waals surface area contributed by atoms with Crippen molar-refractivity contribution in [3.63, 3.8) is 0 Å². The lowest BCUT2D eigenvalue weighted by Gasteiger charge is -2.43. The highest BCUT2D eigenvalue weighted by Crippen LogP contribution is 2.51. The van der Waals surface area contributed by atoms with Crippen molar-refractivity contribution in [1.82, 2.24) is 4.90 Å². The van der Waals surface area contributed by atoms with E-state index in [2.05, 4.69) is 18.7 Å². The molecular weight excluding hydrogens is 134 g/mol. The van der Waals surface area contributed by atoms with Gasteiger partial charge in [-0.15, -0.1) is 0 Å². The minimum absolute atomic E-state index is 0.787. The Hall–Kier alpha value is -0.0400. The topological polar surface area (TPSA) is 3.24 Å². The summed E-state index contributed by atoms with van der Waals surface area (Å²) in [5.41, 5.74) is 0.787. The van der Waals surface area contributed by atoms with Crippen molar-refractivity contribution in [2.75, 3.05) is 19.6 Å². The van der Waals surface area contributed by atoms with Gasteiger partial charge in [-0.25, -0.2) is 0 Å². The van der Waals surface area contributed by atoms with Gasteiger partial charge in [-0.05, 0) is 43.7 Å². The van der Waals surface area contributed by atoms with E-state index in [1.807, 2.05) is 0 Å². The molecule has 1 saturated carbocycles. The molecule has 0 aromatic heterocycles. The lowest BCUT2D eigenvalue weighted by molar-refractivity contribution is 0.0757. The van der Waals surface area contributed by atoms with Gasteiger partial charge < -0.3 is 4.90 Å². The molecule has 1 heterocycles. The lowest BCUT2D eigenvalue weighted by Crippen LogP contribution is -2.38. The Kier molecular flexibility index (Phi) is 1.71. The van der Waals surface area contributed by atoms with Crippen molar-refractivity contribution in [2.45, 2.75) is 33.1 Å². The summed E-state index contributed by atoms with van der Waals surface area (Å²) >= 11 is 0. The molecule has 64 valence electrons. The molecule has 11 heavy (non-hydrogen) atoms. The molecule has 0 atom stereocenters. The van der Waals surface area contributed by atoms with Crippen LogP contribution in [-0.2, 0) is 0 Å². The number of nitrogens with zero attached hydrogens (tertiary/aromatic N) is 1. The summed E-state index contributed by atoms with van der Waals surface area (Å²) in [6.45, 7) is 8.69. The van der Waals surface area contributed by atoms with Gasteiger partial charge >= 0.3 is 0 Å². The molecule has 2 fully saturated rings. The van der Waals surface area contributed by atoms with Gasteiger partial charge in [-0.3, -0.25) is 0 Å². The van der Waals surface area contributed by atoms with E-state index in [-0.39, 0.29) is 0 Å². The molecule has 0 radical (unpaired) electrons. The largest absolute Gasteiger partial charge is 0.303 e. The van der Waals surface area contributed by atoms with Crippen LogP contribution in [0.5, 0.6) is 0 Å². The Labute approximate surface area is 69.8 Å². The molecule has 2 aliphatic rings. The van der Waals surface area contributed by atoms with Crippen molar-refractivity contribution >= 4 is 0 Å². The van der Waals surface area contributed by atoms with Crippen LogP contribution in [0.1, 0.15) is 33.1 Å². The van der Waals surface area contributed by atoms with Gasteiger partial charge in [0.2, 0.25) is 0 Å². The van der Waals surface area contributed by atoms with Crippen molar-refractivity contribution in [3.05, 3.63) is 0 Å². The molecule has 0 unspecified atom stereocenters. The lowest BCUT2D eigenvalue weighted by atomic mass is 9.62. The van der Waals surface area contributed by atoms with E-state index in [4.69, 9.17) is 0 Å². The Morgan fingerprint density at radius 3 is 2.64 bits per heavy atom. The van der Waals surface area contributed by atoms with Crippen LogP contribution < -0.4 is 0 Å². The number of likely N-dealkylation sites (tertiary alicyclic amines) is 1. The molecule has 1 heteroatoms. The van der Waals surface area contributed by atoms with Crippen LogP contribution in [0.3, 0.4) is 0 Å². The van der Waals surface area contributed by atoms with Gasteiger partial charge in [0.1, 0.15) is 0 Å². The zero-order valence-electron chi connectivity index (χ0n) is 7.77. The Balaban J connectivity index is 1.89. The maximum atomic E-state index is 2.60. The monoisotopic (exact) mass is 153 g/mol. The van der Waals surface area contributed by atoms with E-state index in [1.54, 1.807) is 0 Å². The van der Waals surface area contributed by atoms with Crippen LogP contribution in [0.15, 0.2) is 0 Å². The van der Waals surface area contributed by atoms with Crippen LogP contribution >= 0.6 is 0 Å². The molecule has 0 aromatic carbocycles. The molecule has 0 bridgehead atoms. The van der Waals surface area contributed by atoms with E-state index < -0.39 is 0 Å². The second-order valence-corrected chi connectivity index (χ2v) is 4.63. The first-order valence-electron chi connectivity index (χ1n) is 4.96. The zero-order chi connectivity index (χ0) is 7.90. The highest BCUT2D eigenvalue weighted by Gasteiger charge is 2.45. The average molecular weight is 153 g/mol. The van der Waals surface area contributed by atoms with E-state index in [0.29, 0.717) is 0 Å². The molecule has 1 saturated heterocycles. The van der Waals surface area contributed by atoms with Crippen molar-refractivity contribution in [3.8, 4) is 0 Å². The maximum Gasteiger partial charge on any atom is 0.00385 e. The predicted molar refractivity (Wildman–Crippen MR) is 47.6 cm³/mol. The molecule has 0 N–H and O–H groups in total. The van der Waals surface area contributed by atoms with E-state index in [9.17, 15) is 0 Å². The van der Waals surface area contributed by atoms with Crippen molar-refractivity contribution in [1.29, 1.82) is 0 Å². The third-order valence-corrected chi connectivity index (χ3v) is 3.53. The second kappa shape index (κ2) is 2.48. The summed E-state index contributed by atoms with van der Waals surface area (Å²) in [6, 6.07) is 0. The molecule has 0 amide bonds. The van der Waals surface area contributed by atoms with Crippen molar-refractivity contribution < 1.29 is 0 Å². The number of hydrogen-bond acceptors (Lipinski definition) is 1. The van der Waals surface area contributed by atoms with Crippen LogP contribution in [-0.4, -0.2) is 24.5 Å². The SMILES string of the molecule is CCN1CCC2(CC(C)C2)C1. The predicted octanol–water partition coefficient (Wildman–Crippen LogP) is 2.13. The summed E-state index contributed by atoms with van der Waals surface area (Å²) in [6.07, 6.45) is 4.48. The molecule has 1 spiro atoms. The molecule has 0 aromatic rings. The summed E-state index contributed by atoms with van der Waals surface area (Å²) in [7, 11) is 0. The molecule has 1 aliphatic heterocycles. The minimum atomic E-state index is 0.787. The first-order chi connectivity index (χ1) is 5.24. The third kappa shape index (κ3) is 1.20. The smallest absolute Gasteiger partial charge is 0.00385 e. The maximum absolute atomic E-state index is 2.60. The quantitative estimate of drug-likeness (QED) is 0.558. The van der Waals surface area contributed by atoms with E-state index >= 15 is 0 Å². The van der Waals surface area contributed by atoms with Gasteiger partial charge in [-0.2, -0.15) is 0 Å². The summed E-state index contributed by atoms with van der Waals surface area (Å²) in [5.74, 6) is 1.02. The Morgan fingerprint density at radius 2 is 2.18 bits per heavy atom. The highest BCUT2D eigenvalue weighted by molar-refractivity contribution is 4.98. The average Bonchev–Trinajstić information content (AvgIpc) is 2.31. The fourth-order valence-electron chi connectivity index (χ4n) is 3.05. The Morgan fingerprint density at radius 1 is 1.45 bits per heavy atom. The van der Waals surface area contributed by atoms with Gasteiger partial charge in [0.25, 0.3) is 0 Å². The van der Waals surface area contributed by atoms with Gasteiger partial charge in [-0.1, -0.05) is 13.8 Å².